The molecule has 0 aliphatic carbocycles. The van der Waals surface area contributed by atoms with Crippen molar-refractivity contribution in [3.05, 3.63) is 22.4 Å². The molecule has 1 aromatic heterocycles. The van der Waals surface area contributed by atoms with E-state index in [-0.39, 0.29) is 11.5 Å². The number of hydrogen-bond donors (Lipinski definition) is 2. The second kappa shape index (κ2) is 5.66. The second-order valence-corrected chi connectivity index (χ2v) is 4.35. The Hall–Kier alpha value is -1.85. The summed E-state index contributed by atoms with van der Waals surface area (Å²) in [4.78, 5) is 26.2. The minimum absolute atomic E-state index is 0.0993. The maximum Gasteiger partial charge on any atom is 0.309 e. The maximum atomic E-state index is 11.6. The second-order valence-electron chi connectivity index (χ2n) is 4.35. The third-order valence-electron chi connectivity index (χ3n) is 3.53. The lowest BCUT2D eigenvalue weighted by molar-refractivity contribution is -0.108. The number of nitrogens with two attached hydrogens (primary N) is 1. The number of rotatable bonds is 6. The highest BCUT2D eigenvalue weighted by molar-refractivity contribution is 5.49. The largest absolute Gasteiger partial charge is 0.424 e. The van der Waals surface area contributed by atoms with Gasteiger partial charge in [0.25, 0.3) is 0 Å². The van der Waals surface area contributed by atoms with Crippen molar-refractivity contribution in [2.75, 3.05) is 5.73 Å². The van der Waals surface area contributed by atoms with Gasteiger partial charge < -0.3 is 15.7 Å². The van der Waals surface area contributed by atoms with Crippen LogP contribution in [0.5, 0.6) is 0 Å². The van der Waals surface area contributed by atoms with Crippen LogP contribution in [-0.4, -0.2) is 21.2 Å². The maximum absolute atomic E-state index is 11.6. The fraction of sp³-hybridized carbons (Fsp3) is 0.583. The van der Waals surface area contributed by atoms with Crippen LogP contribution < -0.4 is 11.3 Å². The molecule has 0 amide bonds. The number of hydrogen-bond acceptors (Lipinski definition) is 5. The molecule has 0 unspecified atom stereocenters. The summed E-state index contributed by atoms with van der Waals surface area (Å²) in [6.45, 7) is 3.88. The Balaban J connectivity index is 3.34. The highest BCUT2D eigenvalue weighted by Gasteiger charge is 2.33. The van der Waals surface area contributed by atoms with Gasteiger partial charge >= 0.3 is 5.56 Å². The summed E-state index contributed by atoms with van der Waals surface area (Å²) in [5.74, 6) is 0.272. The number of carbonyl (C=O) groups is 1. The molecule has 0 aromatic carbocycles. The Morgan fingerprint density at radius 2 is 2.11 bits per heavy atom. The van der Waals surface area contributed by atoms with Gasteiger partial charge in [-0.05, 0) is 19.3 Å². The predicted molar refractivity (Wildman–Crippen MR) is 67.7 cm³/mol. The monoisotopic (exact) mass is 253 g/mol. The topological polar surface area (TPSA) is 98.2 Å². The van der Waals surface area contributed by atoms with Crippen LogP contribution in [0.4, 0.5) is 5.69 Å². The van der Waals surface area contributed by atoms with Crippen molar-refractivity contribution in [3.63, 3.8) is 0 Å². The van der Waals surface area contributed by atoms with E-state index < -0.39 is 11.0 Å². The van der Waals surface area contributed by atoms with E-state index in [1.807, 2.05) is 13.8 Å². The fourth-order valence-corrected chi connectivity index (χ4v) is 2.19. The van der Waals surface area contributed by atoms with Crippen LogP contribution in [0.3, 0.4) is 0 Å². The van der Waals surface area contributed by atoms with E-state index in [4.69, 9.17) is 5.73 Å². The van der Waals surface area contributed by atoms with Gasteiger partial charge in [-0.1, -0.05) is 13.8 Å². The van der Waals surface area contributed by atoms with Crippen LogP contribution in [0.15, 0.2) is 11.0 Å². The number of carbonyl (C=O) groups excluding carboxylic acids is 1. The third-order valence-corrected chi connectivity index (χ3v) is 3.53. The highest BCUT2D eigenvalue weighted by Crippen LogP contribution is 2.34. The molecule has 0 fully saturated rings. The Morgan fingerprint density at radius 1 is 1.50 bits per heavy atom. The fourth-order valence-electron chi connectivity index (χ4n) is 2.19. The van der Waals surface area contributed by atoms with E-state index in [1.165, 1.54) is 6.20 Å². The van der Waals surface area contributed by atoms with E-state index in [0.29, 0.717) is 30.4 Å². The summed E-state index contributed by atoms with van der Waals surface area (Å²) >= 11 is 0. The number of nitrogen functional groups attached to an aromatic ring is 1. The Kier molecular flexibility index (Phi) is 4.47. The zero-order valence-corrected chi connectivity index (χ0v) is 10.7. The predicted octanol–water partition coefficient (Wildman–Crippen LogP) is 1.10. The van der Waals surface area contributed by atoms with Crippen molar-refractivity contribution in [2.24, 2.45) is 0 Å². The number of nitrogens with zero attached hydrogens (tertiary/aromatic N) is 2. The van der Waals surface area contributed by atoms with Crippen molar-refractivity contribution in [1.29, 1.82) is 0 Å². The normalized spacial score (nSPS) is 11.4. The molecule has 0 spiro atoms. The van der Waals surface area contributed by atoms with Crippen molar-refractivity contribution < 1.29 is 10.0 Å². The molecule has 0 atom stereocenters. The molecule has 0 saturated heterocycles. The molecule has 6 heteroatoms. The lowest BCUT2D eigenvalue weighted by atomic mass is 9.77. The summed E-state index contributed by atoms with van der Waals surface area (Å²) in [5, 5.41) is 9.85. The summed E-state index contributed by atoms with van der Waals surface area (Å²) in [7, 11) is 0. The van der Waals surface area contributed by atoms with Crippen LogP contribution in [-0.2, 0) is 10.2 Å². The van der Waals surface area contributed by atoms with Crippen molar-refractivity contribution in [2.45, 2.75) is 44.9 Å². The first kappa shape index (κ1) is 14.2. The zero-order valence-electron chi connectivity index (χ0n) is 10.7. The van der Waals surface area contributed by atoms with Crippen molar-refractivity contribution in [3.8, 4) is 0 Å². The van der Waals surface area contributed by atoms with E-state index in [1.54, 1.807) is 0 Å². The van der Waals surface area contributed by atoms with Gasteiger partial charge in [0.2, 0.25) is 0 Å². The molecular formula is C12H19N3O3. The molecule has 0 saturated carbocycles. The van der Waals surface area contributed by atoms with Crippen LogP contribution >= 0.6 is 0 Å². The van der Waals surface area contributed by atoms with Gasteiger partial charge in [-0.25, -0.2) is 4.98 Å². The minimum Gasteiger partial charge on any atom is -0.424 e. The summed E-state index contributed by atoms with van der Waals surface area (Å²) < 4.78 is 0.507. The SMILES string of the molecule is CCC(CC)(CCC=O)c1ncc(N)c(=O)n1O. The highest BCUT2D eigenvalue weighted by atomic mass is 16.5. The molecule has 3 N–H and O–H groups in total. The van der Waals surface area contributed by atoms with Gasteiger partial charge in [0.15, 0.2) is 5.82 Å². The first-order valence-electron chi connectivity index (χ1n) is 6.03. The lowest BCUT2D eigenvalue weighted by Crippen LogP contribution is -2.36. The standard InChI is InChI=1S/C12H19N3O3/c1-3-12(4-2,6-5-7-16)11-14-8-9(13)10(17)15(11)18/h7-8,18H,3-6,13H2,1-2H3. The van der Waals surface area contributed by atoms with Gasteiger partial charge in [0.05, 0.1) is 6.20 Å². The number of anilines is 1. The average Bonchev–Trinajstić information content (AvgIpc) is 2.39. The van der Waals surface area contributed by atoms with Crippen molar-refractivity contribution >= 4 is 12.0 Å². The van der Waals surface area contributed by atoms with E-state index in [0.717, 1.165) is 6.29 Å². The van der Waals surface area contributed by atoms with Gasteiger partial charge in [-0.3, -0.25) is 4.79 Å². The first-order valence-corrected chi connectivity index (χ1v) is 6.03. The minimum atomic E-state index is -0.669. The van der Waals surface area contributed by atoms with Crippen LogP contribution in [0, 0.1) is 0 Å². The average molecular weight is 253 g/mol. The van der Waals surface area contributed by atoms with Gasteiger partial charge in [-0.2, -0.15) is 0 Å². The molecule has 1 heterocycles. The molecule has 0 aliphatic heterocycles. The zero-order chi connectivity index (χ0) is 13.8. The Bertz CT molecular complexity index is 478. The summed E-state index contributed by atoms with van der Waals surface area (Å²) in [5.41, 5.74) is 4.15. The first-order chi connectivity index (χ1) is 8.52. The molecule has 0 radical (unpaired) electrons. The smallest absolute Gasteiger partial charge is 0.309 e. The molecule has 1 rings (SSSR count). The summed E-state index contributed by atoms with van der Waals surface area (Å²) in [6.07, 6.45) is 4.34. The van der Waals surface area contributed by atoms with Crippen molar-refractivity contribution in [1.82, 2.24) is 9.71 Å². The molecule has 100 valence electrons. The molecule has 1 aromatic rings. The number of aldehydes is 1. The van der Waals surface area contributed by atoms with E-state index >= 15 is 0 Å². The molecule has 0 bridgehead atoms. The van der Waals surface area contributed by atoms with Crippen LogP contribution in [0.1, 0.15) is 45.4 Å². The van der Waals surface area contributed by atoms with Crippen LogP contribution in [0.25, 0.3) is 0 Å². The number of aromatic nitrogens is 2. The molecule has 0 aliphatic rings. The lowest BCUT2D eigenvalue weighted by Gasteiger charge is -2.30. The Labute approximate surface area is 105 Å². The quantitative estimate of drug-likeness (QED) is 0.584. The van der Waals surface area contributed by atoms with E-state index in [2.05, 4.69) is 4.98 Å². The Morgan fingerprint density at radius 3 is 2.61 bits per heavy atom. The summed E-state index contributed by atoms with van der Waals surface area (Å²) in [6, 6.07) is 0. The molecule has 18 heavy (non-hydrogen) atoms. The van der Waals surface area contributed by atoms with Crippen LogP contribution in [0.2, 0.25) is 0 Å². The van der Waals surface area contributed by atoms with Gasteiger partial charge in [-0.15, -0.1) is 4.73 Å². The van der Waals surface area contributed by atoms with E-state index in [9.17, 15) is 14.8 Å². The van der Waals surface area contributed by atoms with Gasteiger partial charge in [0, 0.05) is 11.8 Å². The molecular weight excluding hydrogens is 234 g/mol. The molecule has 6 nitrogen and oxygen atoms in total. The van der Waals surface area contributed by atoms with Gasteiger partial charge in [0.1, 0.15) is 12.0 Å². The third kappa shape index (κ3) is 2.37.